The van der Waals surface area contributed by atoms with E-state index in [9.17, 15) is 9.90 Å². The first-order valence-corrected chi connectivity index (χ1v) is 8.35. The maximum Gasteiger partial charge on any atom is 0.220 e. The van der Waals surface area contributed by atoms with Crippen LogP contribution in [0.25, 0.3) is 10.9 Å². The van der Waals surface area contributed by atoms with E-state index in [0.29, 0.717) is 12.3 Å². The second-order valence-corrected chi connectivity index (χ2v) is 6.99. The second kappa shape index (κ2) is 6.67. The molecule has 3 rings (SSSR count). The van der Waals surface area contributed by atoms with Gasteiger partial charge in [-0.3, -0.25) is 9.78 Å². The number of aliphatic hydroxyl groups excluding tert-OH is 1. The van der Waals surface area contributed by atoms with E-state index in [1.54, 1.807) is 0 Å². The Kier molecular flexibility index (Phi) is 4.62. The van der Waals surface area contributed by atoms with Crippen molar-refractivity contribution in [2.24, 2.45) is 11.8 Å². The van der Waals surface area contributed by atoms with Gasteiger partial charge in [0.15, 0.2) is 0 Å². The second-order valence-electron chi connectivity index (χ2n) is 6.99. The summed E-state index contributed by atoms with van der Waals surface area (Å²) in [6.45, 7) is 4.08. The summed E-state index contributed by atoms with van der Waals surface area (Å²) in [5.74, 6) is 0.681. The lowest BCUT2D eigenvalue weighted by molar-refractivity contribution is -0.123. The average Bonchev–Trinajstić information content (AvgIpc) is 2.48. The molecular formula is C19H24N2O2. The molecule has 2 N–H and O–H groups in total. The number of carbonyl (C=O) groups excluding carboxylic acids is 1. The van der Waals surface area contributed by atoms with Crippen LogP contribution in [0.3, 0.4) is 0 Å². The molecule has 0 saturated heterocycles. The Morgan fingerprint density at radius 1 is 1.35 bits per heavy atom. The lowest BCUT2D eigenvalue weighted by Crippen LogP contribution is -2.41. The topological polar surface area (TPSA) is 62.2 Å². The van der Waals surface area contributed by atoms with Crippen LogP contribution in [0.15, 0.2) is 36.5 Å². The van der Waals surface area contributed by atoms with Crippen LogP contribution in [-0.2, 0) is 4.79 Å². The molecule has 0 aliphatic heterocycles. The SMILES string of the molecule is CC(C)CC(=O)N[C@@H](c1cnc2ccccc2c1)C1CC(O)C1. The highest BCUT2D eigenvalue weighted by molar-refractivity contribution is 5.80. The molecule has 1 aromatic carbocycles. The van der Waals surface area contributed by atoms with Gasteiger partial charge in [-0.15, -0.1) is 0 Å². The number of para-hydroxylation sites is 1. The normalized spacial score (nSPS) is 21.9. The summed E-state index contributed by atoms with van der Waals surface area (Å²) in [5.41, 5.74) is 1.98. The first-order valence-electron chi connectivity index (χ1n) is 8.35. The number of hydrogen-bond donors (Lipinski definition) is 2. The molecule has 1 aromatic heterocycles. The van der Waals surface area contributed by atoms with E-state index in [0.717, 1.165) is 29.3 Å². The van der Waals surface area contributed by atoms with Crippen LogP contribution in [0.4, 0.5) is 0 Å². The molecule has 2 aromatic rings. The van der Waals surface area contributed by atoms with Gasteiger partial charge in [-0.25, -0.2) is 0 Å². The van der Waals surface area contributed by atoms with Gasteiger partial charge in [0.2, 0.25) is 5.91 Å². The van der Waals surface area contributed by atoms with Crippen LogP contribution < -0.4 is 5.32 Å². The third-order valence-corrected chi connectivity index (χ3v) is 4.50. The predicted octanol–water partition coefficient (Wildman–Crippen LogP) is 3.21. The number of nitrogens with one attached hydrogen (secondary N) is 1. The summed E-state index contributed by atoms with van der Waals surface area (Å²) < 4.78 is 0. The van der Waals surface area contributed by atoms with Crippen molar-refractivity contribution in [3.63, 3.8) is 0 Å². The molecule has 23 heavy (non-hydrogen) atoms. The van der Waals surface area contributed by atoms with Crippen LogP contribution in [0.2, 0.25) is 0 Å². The molecule has 1 aliphatic carbocycles. The van der Waals surface area contributed by atoms with E-state index >= 15 is 0 Å². The molecule has 0 unspecified atom stereocenters. The van der Waals surface area contributed by atoms with Gasteiger partial charge >= 0.3 is 0 Å². The zero-order valence-corrected chi connectivity index (χ0v) is 13.7. The molecule has 1 amide bonds. The molecule has 4 heteroatoms. The molecule has 1 aliphatic rings. The van der Waals surface area contributed by atoms with Gasteiger partial charge in [0.05, 0.1) is 17.7 Å². The summed E-state index contributed by atoms with van der Waals surface area (Å²) in [5, 5.41) is 13.9. The van der Waals surface area contributed by atoms with E-state index in [1.807, 2.05) is 44.3 Å². The summed E-state index contributed by atoms with van der Waals surface area (Å²) in [7, 11) is 0. The fraction of sp³-hybridized carbons (Fsp3) is 0.474. The highest BCUT2D eigenvalue weighted by Crippen LogP contribution is 2.38. The maximum atomic E-state index is 12.2. The van der Waals surface area contributed by atoms with E-state index in [1.165, 1.54) is 0 Å². The minimum Gasteiger partial charge on any atom is -0.393 e. The van der Waals surface area contributed by atoms with Crippen LogP contribution in [0.1, 0.15) is 44.7 Å². The van der Waals surface area contributed by atoms with Gasteiger partial charge in [-0.2, -0.15) is 0 Å². The minimum absolute atomic E-state index is 0.0678. The number of nitrogens with zero attached hydrogens (tertiary/aromatic N) is 1. The summed E-state index contributed by atoms with van der Waals surface area (Å²) in [6, 6.07) is 10.0. The number of amides is 1. The number of rotatable bonds is 5. The largest absolute Gasteiger partial charge is 0.393 e. The first-order chi connectivity index (χ1) is 11.0. The predicted molar refractivity (Wildman–Crippen MR) is 90.8 cm³/mol. The number of hydrogen-bond acceptors (Lipinski definition) is 3. The highest BCUT2D eigenvalue weighted by atomic mass is 16.3. The number of fused-ring (bicyclic) bond motifs is 1. The van der Waals surface area contributed by atoms with E-state index in [2.05, 4.69) is 16.4 Å². The van der Waals surface area contributed by atoms with Gasteiger partial charge in [0.1, 0.15) is 0 Å². The molecular weight excluding hydrogens is 288 g/mol. The number of aliphatic hydroxyl groups is 1. The summed E-state index contributed by atoms with van der Waals surface area (Å²) in [6.07, 6.45) is 3.61. The highest BCUT2D eigenvalue weighted by Gasteiger charge is 2.35. The third kappa shape index (κ3) is 3.70. The van der Waals surface area contributed by atoms with Gasteiger partial charge in [-0.05, 0) is 42.4 Å². The maximum absolute atomic E-state index is 12.2. The molecule has 0 radical (unpaired) electrons. The first kappa shape index (κ1) is 15.9. The van der Waals surface area contributed by atoms with Crippen molar-refractivity contribution in [1.82, 2.24) is 10.3 Å². The monoisotopic (exact) mass is 312 g/mol. The van der Waals surface area contributed by atoms with Gasteiger partial charge in [0, 0.05) is 18.0 Å². The van der Waals surface area contributed by atoms with Crippen molar-refractivity contribution in [2.45, 2.75) is 45.3 Å². The van der Waals surface area contributed by atoms with E-state index in [-0.39, 0.29) is 24.0 Å². The molecule has 4 nitrogen and oxygen atoms in total. The van der Waals surface area contributed by atoms with Crippen molar-refractivity contribution >= 4 is 16.8 Å². The fourth-order valence-corrected chi connectivity index (χ4v) is 3.24. The molecule has 1 atom stereocenters. The Hall–Kier alpha value is -1.94. The molecule has 1 heterocycles. The lowest BCUT2D eigenvalue weighted by atomic mass is 9.75. The molecule has 0 bridgehead atoms. The minimum atomic E-state index is -0.238. The van der Waals surface area contributed by atoms with Crippen molar-refractivity contribution in [1.29, 1.82) is 0 Å². The van der Waals surface area contributed by atoms with Crippen LogP contribution in [0.5, 0.6) is 0 Å². The van der Waals surface area contributed by atoms with Crippen molar-refractivity contribution < 1.29 is 9.90 Å². The quantitative estimate of drug-likeness (QED) is 0.891. The number of pyridine rings is 1. The van der Waals surface area contributed by atoms with Crippen molar-refractivity contribution in [3.05, 3.63) is 42.1 Å². The zero-order chi connectivity index (χ0) is 16.4. The number of carbonyl (C=O) groups is 1. The fourth-order valence-electron chi connectivity index (χ4n) is 3.24. The van der Waals surface area contributed by atoms with E-state index in [4.69, 9.17) is 0 Å². The van der Waals surface area contributed by atoms with Crippen LogP contribution >= 0.6 is 0 Å². The molecule has 1 fully saturated rings. The lowest BCUT2D eigenvalue weighted by Gasteiger charge is -2.38. The Morgan fingerprint density at radius 3 is 2.78 bits per heavy atom. The van der Waals surface area contributed by atoms with Crippen LogP contribution in [-0.4, -0.2) is 22.1 Å². The molecule has 1 saturated carbocycles. The Labute approximate surface area is 136 Å². The smallest absolute Gasteiger partial charge is 0.220 e. The van der Waals surface area contributed by atoms with Gasteiger partial charge < -0.3 is 10.4 Å². The van der Waals surface area contributed by atoms with Crippen molar-refractivity contribution in [2.75, 3.05) is 0 Å². The van der Waals surface area contributed by atoms with Crippen LogP contribution in [0, 0.1) is 11.8 Å². The number of benzene rings is 1. The molecule has 122 valence electrons. The standard InChI is InChI=1S/C19H24N2O2/c1-12(2)7-18(23)21-19(14-9-16(22)10-14)15-8-13-5-3-4-6-17(13)20-11-15/h3-6,8,11-12,14,16,19,22H,7,9-10H2,1-2H3,(H,21,23)/t14?,16?,19-/m1/s1. The summed E-state index contributed by atoms with van der Waals surface area (Å²) in [4.78, 5) is 16.7. The molecule has 0 spiro atoms. The number of aromatic nitrogens is 1. The van der Waals surface area contributed by atoms with Crippen molar-refractivity contribution in [3.8, 4) is 0 Å². The summed E-state index contributed by atoms with van der Waals surface area (Å²) >= 11 is 0. The Morgan fingerprint density at radius 2 is 2.09 bits per heavy atom. The van der Waals surface area contributed by atoms with Gasteiger partial charge in [0.25, 0.3) is 0 Å². The van der Waals surface area contributed by atoms with Gasteiger partial charge in [-0.1, -0.05) is 32.0 Å². The average molecular weight is 312 g/mol. The third-order valence-electron chi connectivity index (χ3n) is 4.50. The Bertz CT molecular complexity index is 693. The van der Waals surface area contributed by atoms with E-state index < -0.39 is 0 Å². The Balaban J connectivity index is 1.85. The zero-order valence-electron chi connectivity index (χ0n) is 13.7.